The van der Waals surface area contributed by atoms with Crippen molar-refractivity contribution in [2.24, 2.45) is 0 Å². The first-order valence-corrected chi connectivity index (χ1v) is 18.5. The normalized spacial score (nSPS) is 11.5. The van der Waals surface area contributed by atoms with E-state index in [0.717, 1.165) is 28.2 Å². The van der Waals surface area contributed by atoms with Crippen LogP contribution in [-0.2, 0) is 0 Å². The predicted molar refractivity (Wildman–Crippen MR) is 227 cm³/mol. The highest BCUT2D eigenvalue weighted by Crippen LogP contribution is 2.47. The number of hydrogen-bond donors (Lipinski definition) is 0. The van der Waals surface area contributed by atoms with Gasteiger partial charge in [-0.2, -0.15) is 0 Å². The van der Waals surface area contributed by atoms with Crippen LogP contribution in [0.5, 0.6) is 0 Å². The Balaban J connectivity index is 1.21. The predicted octanol–water partition coefficient (Wildman–Crippen LogP) is 15.0. The summed E-state index contributed by atoms with van der Waals surface area (Å²) < 4.78 is 28.0. The summed E-state index contributed by atoms with van der Waals surface area (Å²) in [7, 11) is 0. The Morgan fingerprint density at radius 1 is 0.291 bits per heavy atom. The third-order valence-electron chi connectivity index (χ3n) is 10.8. The second-order valence-corrected chi connectivity index (χ2v) is 13.9. The van der Waals surface area contributed by atoms with Crippen LogP contribution in [0.4, 0.5) is 25.8 Å². The van der Waals surface area contributed by atoms with Crippen molar-refractivity contribution >= 4 is 60.2 Å². The number of nitrogens with zero attached hydrogens (tertiary/aromatic N) is 1. The van der Waals surface area contributed by atoms with Gasteiger partial charge in [-0.15, -0.1) is 0 Å². The fraction of sp³-hybridized carbons (Fsp3) is 0. The molecule has 10 rings (SSSR count). The Hall–Kier alpha value is -7.10. The van der Waals surface area contributed by atoms with Gasteiger partial charge in [0.1, 0.15) is 11.6 Å². The molecule has 0 heterocycles. The van der Waals surface area contributed by atoms with Gasteiger partial charge >= 0.3 is 0 Å². The van der Waals surface area contributed by atoms with Gasteiger partial charge in [0.25, 0.3) is 0 Å². The van der Waals surface area contributed by atoms with Crippen molar-refractivity contribution in [2.45, 2.75) is 0 Å². The molecule has 0 fully saturated rings. The summed E-state index contributed by atoms with van der Waals surface area (Å²) in [6, 6.07) is 67.2. The van der Waals surface area contributed by atoms with Gasteiger partial charge in [-0.3, -0.25) is 0 Å². The Labute approximate surface area is 318 Å². The third kappa shape index (κ3) is 5.69. The van der Waals surface area contributed by atoms with Crippen LogP contribution in [0.2, 0.25) is 0 Å². The molecule has 55 heavy (non-hydrogen) atoms. The molecule has 3 heteroatoms. The maximum absolute atomic E-state index is 14.0. The van der Waals surface area contributed by atoms with Crippen molar-refractivity contribution in [3.63, 3.8) is 0 Å². The molecule has 0 atom stereocenters. The first kappa shape index (κ1) is 32.5. The minimum atomic E-state index is -0.311. The Morgan fingerprint density at radius 3 is 1.18 bits per heavy atom. The molecular formula is C52H33F2N. The molecule has 10 aromatic carbocycles. The Kier molecular flexibility index (Phi) is 7.92. The van der Waals surface area contributed by atoms with E-state index in [9.17, 15) is 8.78 Å². The molecule has 0 spiro atoms. The Morgan fingerprint density at radius 2 is 0.673 bits per heavy atom. The van der Waals surface area contributed by atoms with Gasteiger partial charge in [-0.1, -0.05) is 133 Å². The van der Waals surface area contributed by atoms with Crippen LogP contribution >= 0.6 is 0 Å². The maximum Gasteiger partial charge on any atom is 0.123 e. The van der Waals surface area contributed by atoms with Crippen molar-refractivity contribution in [2.75, 3.05) is 4.90 Å². The molecule has 0 radical (unpaired) electrons. The molecule has 0 saturated carbocycles. The van der Waals surface area contributed by atoms with Gasteiger partial charge in [0, 0.05) is 17.1 Å². The van der Waals surface area contributed by atoms with Crippen LogP contribution in [0.3, 0.4) is 0 Å². The van der Waals surface area contributed by atoms with Crippen LogP contribution in [0.15, 0.2) is 200 Å². The molecule has 260 valence electrons. The zero-order chi connectivity index (χ0) is 36.9. The maximum atomic E-state index is 14.0. The number of fused-ring (bicyclic) bond motifs is 4. The van der Waals surface area contributed by atoms with Crippen molar-refractivity contribution in [3.05, 3.63) is 212 Å². The van der Waals surface area contributed by atoms with Gasteiger partial charge in [-0.05, 0) is 143 Å². The summed E-state index contributed by atoms with van der Waals surface area (Å²) >= 11 is 0. The summed E-state index contributed by atoms with van der Waals surface area (Å²) in [4.78, 5) is 2.00. The number of halogens is 2. The van der Waals surface area contributed by atoms with Crippen molar-refractivity contribution in [1.82, 2.24) is 0 Å². The summed E-state index contributed by atoms with van der Waals surface area (Å²) in [5, 5.41) is 9.64. The lowest BCUT2D eigenvalue weighted by Gasteiger charge is -2.25. The summed E-state index contributed by atoms with van der Waals surface area (Å²) in [6.45, 7) is 0. The van der Waals surface area contributed by atoms with E-state index >= 15 is 0 Å². The fourth-order valence-corrected chi connectivity index (χ4v) is 8.26. The smallest absolute Gasteiger partial charge is 0.123 e. The van der Waals surface area contributed by atoms with Gasteiger partial charge < -0.3 is 4.90 Å². The average Bonchev–Trinajstić information content (AvgIpc) is 3.24. The van der Waals surface area contributed by atoms with Gasteiger partial charge in [0.15, 0.2) is 0 Å². The number of anilines is 3. The van der Waals surface area contributed by atoms with E-state index in [1.54, 1.807) is 24.3 Å². The zero-order valence-electron chi connectivity index (χ0n) is 29.8. The van der Waals surface area contributed by atoms with Gasteiger partial charge in [0.2, 0.25) is 0 Å². The molecule has 0 aliphatic heterocycles. The third-order valence-corrected chi connectivity index (χ3v) is 10.8. The fourth-order valence-electron chi connectivity index (χ4n) is 8.26. The van der Waals surface area contributed by atoms with E-state index in [2.05, 4.69) is 152 Å². The highest BCUT2D eigenvalue weighted by Gasteiger charge is 2.20. The molecule has 1 nitrogen and oxygen atoms in total. The molecule has 0 aromatic heterocycles. The first-order chi connectivity index (χ1) is 27.1. The van der Waals surface area contributed by atoms with E-state index in [1.165, 1.54) is 89.6 Å². The van der Waals surface area contributed by atoms with E-state index in [-0.39, 0.29) is 11.6 Å². The van der Waals surface area contributed by atoms with Crippen LogP contribution in [-0.4, -0.2) is 0 Å². The highest BCUT2D eigenvalue weighted by atomic mass is 19.1. The SMILES string of the molecule is Fc1ccc(N(c2ccc(F)cc2)c2ccc(-c3ccc4c(-c5cccc6ccccc56)c5ccccc5c(-c5cccc6ccccc56)c4c3)cc2)cc1. The summed E-state index contributed by atoms with van der Waals surface area (Å²) in [6.07, 6.45) is 0. The molecule has 0 amide bonds. The standard InChI is InChI=1S/C52H33F2N/c53-38-22-28-41(29-23-38)55(42-30-24-39(54)25-31-42)40-26-19-34(20-27-40)37-21-32-49-50(33-37)52(46-18-8-12-36-10-2-4-14-44(36)46)48-16-6-5-15-47(48)51(49)45-17-7-11-35-9-1-3-13-43(35)45/h1-33H. The molecule has 0 unspecified atom stereocenters. The lowest BCUT2D eigenvalue weighted by atomic mass is 9.83. The lowest BCUT2D eigenvalue weighted by Crippen LogP contribution is -2.09. The van der Waals surface area contributed by atoms with Gasteiger partial charge in [-0.25, -0.2) is 8.78 Å². The summed E-state index contributed by atoms with van der Waals surface area (Å²) in [5.41, 5.74) is 9.43. The van der Waals surface area contributed by atoms with Gasteiger partial charge in [0.05, 0.1) is 0 Å². The topological polar surface area (TPSA) is 3.24 Å². The lowest BCUT2D eigenvalue weighted by molar-refractivity contribution is 0.628. The molecular weight excluding hydrogens is 677 g/mol. The van der Waals surface area contributed by atoms with Crippen LogP contribution in [0.25, 0.3) is 76.5 Å². The second-order valence-electron chi connectivity index (χ2n) is 13.9. The summed E-state index contributed by atoms with van der Waals surface area (Å²) in [5.74, 6) is -0.623. The average molecular weight is 710 g/mol. The molecule has 0 N–H and O–H groups in total. The minimum Gasteiger partial charge on any atom is -0.310 e. The number of benzene rings is 10. The van der Waals surface area contributed by atoms with E-state index in [1.807, 2.05) is 4.90 Å². The molecule has 0 saturated heterocycles. The van der Waals surface area contributed by atoms with E-state index in [4.69, 9.17) is 0 Å². The number of rotatable bonds is 6. The van der Waals surface area contributed by atoms with Crippen LogP contribution < -0.4 is 4.90 Å². The Bertz CT molecular complexity index is 2980. The monoisotopic (exact) mass is 709 g/mol. The quantitative estimate of drug-likeness (QED) is 0.155. The van der Waals surface area contributed by atoms with Crippen molar-refractivity contribution < 1.29 is 8.78 Å². The van der Waals surface area contributed by atoms with E-state index in [0.29, 0.717) is 0 Å². The van der Waals surface area contributed by atoms with Crippen LogP contribution in [0.1, 0.15) is 0 Å². The molecule has 10 aromatic rings. The number of hydrogen-bond acceptors (Lipinski definition) is 1. The molecule has 0 bridgehead atoms. The minimum absolute atomic E-state index is 0.311. The van der Waals surface area contributed by atoms with Crippen molar-refractivity contribution in [3.8, 4) is 33.4 Å². The highest BCUT2D eigenvalue weighted by molar-refractivity contribution is 6.25. The zero-order valence-corrected chi connectivity index (χ0v) is 29.8. The van der Waals surface area contributed by atoms with Crippen molar-refractivity contribution in [1.29, 1.82) is 0 Å². The largest absolute Gasteiger partial charge is 0.310 e. The first-order valence-electron chi connectivity index (χ1n) is 18.5. The van der Waals surface area contributed by atoms with E-state index < -0.39 is 0 Å². The molecule has 0 aliphatic rings. The second kappa shape index (κ2) is 13.4. The molecule has 0 aliphatic carbocycles. The van der Waals surface area contributed by atoms with Crippen LogP contribution in [0, 0.1) is 11.6 Å².